The van der Waals surface area contributed by atoms with E-state index in [2.05, 4.69) is 0 Å². The van der Waals surface area contributed by atoms with Crippen LogP contribution in [0.3, 0.4) is 0 Å². The van der Waals surface area contributed by atoms with Crippen molar-refractivity contribution in [1.82, 2.24) is 4.72 Å². The maximum absolute atomic E-state index is 10.9. The second-order valence-corrected chi connectivity index (χ2v) is 5.44. The van der Waals surface area contributed by atoms with Gasteiger partial charge in [-0.25, -0.2) is 8.42 Å². The van der Waals surface area contributed by atoms with E-state index >= 15 is 0 Å². The summed E-state index contributed by atoms with van der Waals surface area (Å²) in [5.74, 6) is -1.21. The van der Waals surface area contributed by atoms with E-state index in [9.17, 15) is 13.2 Å². The number of nitrogens with one attached hydrogen (secondary N) is 1. The van der Waals surface area contributed by atoms with Gasteiger partial charge in [-0.05, 0) is 11.4 Å². The summed E-state index contributed by atoms with van der Waals surface area (Å²) >= 11 is 1.19. The van der Waals surface area contributed by atoms with Gasteiger partial charge in [-0.1, -0.05) is 6.07 Å². The first-order valence-electron chi connectivity index (χ1n) is 3.63. The molecule has 7 heteroatoms. The Balaban J connectivity index is 2.93. The van der Waals surface area contributed by atoms with Gasteiger partial charge in [0.2, 0.25) is 10.0 Å². The fourth-order valence-electron chi connectivity index (χ4n) is 0.900. The van der Waals surface area contributed by atoms with E-state index in [0.717, 1.165) is 6.26 Å². The lowest BCUT2D eigenvalue weighted by molar-refractivity contribution is -0.139. The van der Waals surface area contributed by atoms with E-state index in [-0.39, 0.29) is 0 Å². The van der Waals surface area contributed by atoms with Crippen LogP contribution in [0.25, 0.3) is 0 Å². The first-order chi connectivity index (χ1) is 6.40. The van der Waals surface area contributed by atoms with Crippen LogP contribution in [0, 0.1) is 0 Å². The third kappa shape index (κ3) is 3.09. The minimum Gasteiger partial charge on any atom is -0.480 e. The molecule has 0 fully saturated rings. The van der Waals surface area contributed by atoms with Gasteiger partial charge in [0.15, 0.2) is 6.04 Å². The molecule has 0 aliphatic carbocycles. The van der Waals surface area contributed by atoms with Gasteiger partial charge in [0.1, 0.15) is 0 Å². The fourth-order valence-corrected chi connectivity index (χ4v) is 2.40. The third-order valence-electron chi connectivity index (χ3n) is 1.41. The van der Waals surface area contributed by atoms with Crippen molar-refractivity contribution in [3.8, 4) is 0 Å². The third-order valence-corrected chi connectivity index (χ3v) is 3.01. The molecule has 5 nitrogen and oxygen atoms in total. The second kappa shape index (κ2) is 4.07. The van der Waals surface area contributed by atoms with Crippen molar-refractivity contribution in [2.45, 2.75) is 6.04 Å². The van der Waals surface area contributed by atoms with Crippen LogP contribution in [0.2, 0.25) is 0 Å². The van der Waals surface area contributed by atoms with Crippen LogP contribution in [0.15, 0.2) is 17.5 Å². The summed E-state index contributed by atoms with van der Waals surface area (Å²) in [5.41, 5.74) is 0. The van der Waals surface area contributed by atoms with Crippen LogP contribution in [0.4, 0.5) is 0 Å². The van der Waals surface area contributed by atoms with E-state index in [1.807, 2.05) is 4.72 Å². The van der Waals surface area contributed by atoms with Crippen molar-refractivity contribution < 1.29 is 18.3 Å². The number of hydrogen-bond donors (Lipinski definition) is 2. The minimum atomic E-state index is -3.52. The zero-order valence-electron chi connectivity index (χ0n) is 7.30. The van der Waals surface area contributed by atoms with Gasteiger partial charge in [0.25, 0.3) is 0 Å². The Hall–Kier alpha value is -0.920. The molecule has 1 heterocycles. The van der Waals surface area contributed by atoms with Crippen molar-refractivity contribution in [2.24, 2.45) is 0 Å². The lowest BCUT2D eigenvalue weighted by atomic mass is 10.3. The molecule has 0 aliphatic heterocycles. The Morgan fingerprint density at radius 2 is 2.29 bits per heavy atom. The molecule has 14 heavy (non-hydrogen) atoms. The van der Waals surface area contributed by atoms with Crippen molar-refractivity contribution in [2.75, 3.05) is 6.26 Å². The van der Waals surface area contributed by atoms with Gasteiger partial charge < -0.3 is 5.11 Å². The molecule has 0 aromatic carbocycles. The van der Waals surface area contributed by atoms with Crippen LogP contribution >= 0.6 is 11.3 Å². The van der Waals surface area contributed by atoms with Gasteiger partial charge in [-0.15, -0.1) is 11.3 Å². The predicted molar refractivity (Wildman–Crippen MR) is 52.7 cm³/mol. The van der Waals surface area contributed by atoms with Gasteiger partial charge in [-0.2, -0.15) is 4.72 Å². The first-order valence-corrected chi connectivity index (χ1v) is 6.41. The largest absolute Gasteiger partial charge is 0.480 e. The number of hydrogen-bond acceptors (Lipinski definition) is 4. The summed E-state index contributed by atoms with van der Waals surface area (Å²) < 4.78 is 23.8. The Labute approximate surface area is 85.4 Å². The molecule has 1 aromatic rings. The van der Waals surface area contributed by atoms with Crippen molar-refractivity contribution in [3.63, 3.8) is 0 Å². The Morgan fingerprint density at radius 1 is 1.64 bits per heavy atom. The number of thiophene rings is 1. The van der Waals surface area contributed by atoms with Crippen molar-refractivity contribution in [3.05, 3.63) is 22.4 Å². The highest BCUT2D eigenvalue weighted by atomic mass is 32.2. The molecule has 0 aliphatic rings. The standard InChI is InChI=1S/C7H9NO4S2/c1-14(11,12)8-6(7(9)10)5-3-2-4-13-5/h2-4,6,8H,1H3,(H,9,10). The highest BCUT2D eigenvalue weighted by Gasteiger charge is 2.23. The van der Waals surface area contributed by atoms with Gasteiger partial charge in [-0.3, -0.25) is 4.79 Å². The highest BCUT2D eigenvalue weighted by molar-refractivity contribution is 7.88. The van der Waals surface area contributed by atoms with E-state index < -0.39 is 22.0 Å². The first kappa shape index (κ1) is 11.2. The molecule has 1 rings (SSSR count). The lowest BCUT2D eigenvalue weighted by Gasteiger charge is -2.10. The average Bonchev–Trinajstić information content (AvgIpc) is 2.49. The summed E-state index contributed by atoms with van der Waals surface area (Å²) in [6.45, 7) is 0. The van der Waals surface area contributed by atoms with Gasteiger partial charge >= 0.3 is 5.97 Å². The molecule has 1 atom stereocenters. The van der Waals surface area contributed by atoms with Gasteiger partial charge in [0.05, 0.1) is 6.26 Å². The summed E-state index contributed by atoms with van der Waals surface area (Å²) in [6.07, 6.45) is 0.927. The Kier molecular flexibility index (Phi) is 3.25. The maximum Gasteiger partial charge on any atom is 0.327 e. The van der Waals surface area contributed by atoms with Crippen LogP contribution in [0.1, 0.15) is 10.9 Å². The van der Waals surface area contributed by atoms with Gasteiger partial charge in [0, 0.05) is 4.88 Å². The normalized spacial score (nSPS) is 13.8. The molecule has 78 valence electrons. The molecular formula is C7H9NO4S2. The summed E-state index contributed by atoms with van der Waals surface area (Å²) in [7, 11) is -3.52. The Morgan fingerprint density at radius 3 is 2.64 bits per heavy atom. The molecule has 1 aromatic heterocycles. The van der Waals surface area contributed by atoms with Crippen LogP contribution in [0.5, 0.6) is 0 Å². The van der Waals surface area contributed by atoms with Crippen molar-refractivity contribution >= 4 is 27.3 Å². The quantitative estimate of drug-likeness (QED) is 0.792. The number of rotatable bonds is 4. The topological polar surface area (TPSA) is 83.5 Å². The molecule has 0 saturated heterocycles. The molecule has 0 spiro atoms. The summed E-state index contributed by atoms with van der Waals surface area (Å²) in [6, 6.07) is 2.05. The molecule has 0 radical (unpaired) electrons. The van der Waals surface area contributed by atoms with E-state index in [1.165, 1.54) is 11.3 Å². The molecule has 0 amide bonds. The smallest absolute Gasteiger partial charge is 0.327 e. The SMILES string of the molecule is CS(=O)(=O)NC(C(=O)O)c1cccs1. The van der Waals surface area contributed by atoms with E-state index in [4.69, 9.17) is 5.11 Å². The Bertz CT molecular complexity index is 409. The van der Waals surface area contributed by atoms with Crippen LogP contribution in [-0.4, -0.2) is 25.7 Å². The molecule has 0 saturated carbocycles. The number of aliphatic carboxylic acids is 1. The van der Waals surface area contributed by atoms with Crippen molar-refractivity contribution in [1.29, 1.82) is 0 Å². The van der Waals surface area contributed by atoms with Crippen LogP contribution < -0.4 is 4.72 Å². The highest BCUT2D eigenvalue weighted by Crippen LogP contribution is 2.19. The lowest BCUT2D eigenvalue weighted by Crippen LogP contribution is -2.32. The monoisotopic (exact) mass is 235 g/mol. The van der Waals surface area contributed by atoms with Crippen LogP contribution in [-0.2, 0) is 14.8 Å². The number of carboxylic acids is 1. The predicted octanol–water partition coefficient (Wildman–Crippen LogP) is 0.423. The zero-order chi connectivity index (χ0) is 10.8. The maximum atomic E-state index is 10.9. The molecule has 0 bridgehead atoms. The zero-order valence-corrected chi connectivity index (χ0v) is 8.93. The number of carboxylic acid groups (broad SMARTS) is 1. The number of carbonyl (C=O) groups is 1. The molecular weight excluding hydrogens is 226 g/mol. The van der Waals surface area contributed by atoms with E-state index in [0.29, 0.717) is 4.88 Å². The van der Waals surface area contributed by atoms with E-state index in [1.54, 1.807) is 17.5 Å². The summed E-state index contributed by atoms with van der Waals surface area (Å²) in [4.78, 5) is 11.2. The second-order valence-electron chi connectivity index (χ2n) is 2.68. The number of sulfonamides is 1. The minimum absolute atomic E-state index is 0.461. The molecule has 2 N–H and O–H groups in total. The molecule has 1 unspecified atom stereocenters. The average molecular weight is 235 g/mol. The summed E-state index contributed by atoms with van der Waals surface area (Å²) in [5, 5.41) is 10.5. The fraction of sp³-hybridized carbons (Fsp3) is 0.286.